The topological polar surface area (TPSA) is 22.3 Å². The molecule has 1 nitrogen and oxygen atoms in total. The Hall–Kier alpha value is 1.88. The van der Waals surface area contributed by atoms with E-state index >= 15 is 0 Å². The molecule has 5 heteroatoms. The third kappa shape index (κ3) is 25.0. The molecule has 0 aliphatic rings. The number of hydrogen-bond acceptors (Lipinski definition) is 0. The van der Waals surface area contributed by atoms with E-state index in [4.69, 9.17) is 4.21 Å². The van der Waals surface area contributed by atoms with Crippen molar-refractivity contribution in [3.05, 3.63) is 4.21 Å². The molecule has 0 aromatic rings. The molecule has 0 radical (unpaired) electrons. The Labute approximate surface area is 76.7 Å². The average molecular weight is 142 g/mol. The van der Waals surface area contributed by atoms with Crippen molar-refractivity contribution in [2.24, 2.45) is 0 Å². The molecule has 0 aromatic heterocycles. The summed E-state index contributed by atoms with van der Waals surface area (Å²) >= 11 is -4.19. The van der Waals surface area contributed by atoms with Crippen molar-refractivity contribution in [2.75, 3.05) is 0 Å². The van der Waals surface area contributed by atoms with Crippen LogP contribution in [0.2, 0.25) is 0 Å². The Morgan fingerprint density at radius 1 is 1.40 bits per heavy atom. The molecular weight excluding hydrogens is 142 g/mol. The molecule has 0 aliphatic heterocycles. The Bertz CT molecular complexity index is 32.6. The van der Waals surface area contributed by atoms with E-state index in [-0.39, 0.29) is 51.4 Å². The van der Waals surface area contributed by atoms with Gasteiger partial charge in [0.05, 0.1) is 0 Å². The van der Waals surface area contributed by atoms with Crippen LogP contribution < -0.4 is 51.4 Å². The van der Waals surface area contributed by atoms with Crippen LogP contribution in [0.4, 0.5) is 6.82 Å². The van der Waals surface area contributed by atoms with E-state index in [1.807, 2.05) is 0 Å². The van der Waals surface area contributed by atoms with Gasteiger partial charge in [-0.2, -0.15) is 0 Å². The average Bonchev–Trinajstić information content (AvgIpc) is 0.811. The van der Waals surface area contributed by atoms with Gasteiger partial charge in [-0.1, -0.05) is 0 Å². The first kappa shape index (κ1) is 9.99. The fourth-order valence-corrected chi connectivity index (χ4v) is 0. The summed E-state index contributed by atoms with van der Waals surface area (Å²) in [7, 11) is 0. The van der Waals surface area contributed by atoms with Gasteiger partial charge in [0.15, 0.2) is 0 Å². The monoisotopic (exact) mass is 142 g/mol. The van der Waals surface area contributed by atoms with Crippen LogP contribution in [0.25, 0.3) is 4.21 Å². The molecule has 0 spiro atoms. The Morgan fingerprint density at radius 2 is 1.40 bits per heavy atom. The molecule has 0 N–H and O–H groups in total. The van der Waals surface area contributed by atoms with Crippen LogP contribution in [0.5, 0.6) is 0 Å². The molecule has 0 bridgehead atoms. The maximum atomic E-state index is 10.0. The van der Waals surface area contributed by atoms with Crippen molar-refractivity contribution >= 4 is 0 Å². The van der Waals surface area contributed by atoms with Crippen LogP contribution in [0.3, 0.4) is 0 Å². The summed E-state index contributed by atoms with van der Waals surface area (Å²) in [4.78, 5) is 0. The summed E-state index contributed by atoms with van der Waals surface area (Å²) in [6, 6.07) is 0. The van der Waals surface area contributed by atoms with Crippen molar-refractivity contribution in [3.8, 4) is 0 Å². The van der Waals surface area contributed by atoms with Gasteiger partial charge in [0, 0.05) is 0 Å². The Morgan fingerprint density at radius 3 is 1.40 bits per heavy atom. The molecule has 0 aliphatic carbocycles. The maximum absolute atomic E-state index is 10.0. The zero-order valence-electron chi connectivity index (χ0n) is 2.65. The van der Waals surface area contributed by atoms with E-state index in [2.05, 4.69) is 0 Å². The van der Waals surface area contributed by atoms with Crippen molar-refractivity contribution < 1.29 is 74.1 Å². The predicted molar refractivity (Wildman–Crippen MR) is 5.58 cm³/mol. The van der Waals surface area contributed by atoms with Gasteiger partial charge in [0.2, 0.25) is 0 Å². The van der Waals surface area contributed by atoms with Crippen molar-refractivity contribution in [1.29, 1.82) is 0 Å². The van der Waals surface area contributed by atoms with Gasteiger partial charge < -0.3 is 0 Å². The van der Waals surface area contributed by atoms with Crippen LogP contribution >= 0.6 is 0 Å². The van der Waals surface area contributed by atoms with Gasteiger partial charge >= 0.3 is 78.3 Å². The third-order valence-corrected chi connectivity index (χ3v) is 0. The zero-order valence-corrected chi connectivity index (χ0v) is 7.17. The Kier molecular flexibility index (Phi) is 11.7. The molecule has 0 heterocycles. The van der Waals surface area contributed by atoms with E-state index in [1.165, 1.54) is 0 Å². The summed E-state index contributed by atoms with van der Waals surface area (Å²) in [5.41, 5.74) is 0. The first-order valence-electron chi connectivity index (χ1n) is 0.538. The van der Waals surface area contributed by atoms with Gasteiger partial charge in [0.25, 0.3) is 0 Å². The first-order chi connectivity index (χ1) is 1.73. The SMILES string of the molecule is [K+].[N-]=[V]([F])[F]. The molecule has 5 heavy (non-hydrogen) atoms. The van der Waals surface area contributed by atoms with Crippen molar-refractivity contribution in [2.45, 2.75) is 0 Å². The van der Waals surface area contributed by atoms with E-state index in [0.29, 0.717) is 0 Å². The van der Waals surface area contributed by atoms with Gasteiger partial charge in [-0.15, -0.1) is 0 Å². The summed E-state index contributed by atoms with van der Waals surface area (Å²) in [6.45, 7) is 0. The summed E-state index contributed by atoms with van der Waals surface area (Å²) in [5, 5.41) is 0. The second-order valence-corrected chi connectivity index (χ2v) is 0.887. The summed E-state index contributed by atoms with van der Waals surface area (Å²) < 4.78 is 26.9. The number of rotatable bonds is 0. The molecule has 0 unspecified atom stereocenters. The molecule has 25 valence electrons. The normalized spacial score (nSPS) is 5.20. The standard InChI is InChI=1S/2FH.K.N.V/h2*1H;;;/q;;+1;-1;+2/p-2. The molecular formula is F2KNV. The fourth-order valence-electron chi connectivity index (χ4n) is 0. The van der Waals surface area contributed by atoms with Crippen molar-refractivity contribution in [1.82, 2.24) is 0 Å². The fraction of sp³-hybridized carbons (Fsp3) is 0. The van der Waals surface area contributed by atoms with Gasteiger partial charge in [0.1, 0.15) is 0 Å². The van der Waals surface area contributed by atoms with Gasteiger partial charge in [-0.05, 0) is 0 Å². The summed E-state index contributed by atoms with van der Waals surface area (Å²) in [6.07, 6.45) is 0. The van der Waals surface area contributed by atoms with E-state index in [1.54, 1.807) is 0 Å². The van der Waals surface area contributed by atoms with Gasteiger partial charge in [-0.25, -0.2) is 0 Å². The third-order valence-electron chi connectivity index (χ3n) is 0. The minimum atomic E-state index is -4.19. The van der Waals surface area contributed by atoms with Crippen LogP contribution in [-0.4, -0.2) is 0 Å². The molecule has 0 fully saturated rings. The molecule has 0 saturated heterocycles. The zero-order chi connectivity index (χ0) is 3.58. The summed E-state index contributed by atoms with van der Waals surface area (Å²) in [5.74, 6) is 0. The number of nitrogens with zero attached hydrogens (tertiary/aromatic N) is 1. The molecule has 0 aromatic carbocycles. The minimum absolute atomic E-state index is 0. The van der Waals surface area contributed by atoms with Crippen LogP contribution in [-0.2, 0) is 15.9 Å². The van der Waals surface area contributed by atoms with E-state index in [0.717, 1.165) is 0 Å². The molecule has 0 atom stereocenters. The van der Waals surface area contributed by atoms with Crippen LogP contribution in [0.1, 0.15) is 0 Å². The predicted octanol–water partition coefficient (Wildman–Crippen LogP) is -1.87. The van der Waals surface area contributed by atoms with E-state index < -0.39 is 15.9 Å². The van der Waals surface area contributed by atoms with E-state index in [9.17, 15) is 6.82 Å². The van der Waals surface area contributed by atoms with Gasteiger partial charge in [-0.3, -0.25) is 0 Å². The number of hydrogen-bond donors (Lipinski definition) is 0. The Balaban J connectivity index is 0. The molecule has 0 amide bonds. The first-order valence-corrected chi connectivity index (χ1v) is 2.22. The van der Waals surface area contributed by atoms with Crippen molar-refractivity contribution in [3.63, 3.8) is 0 Å². The quantitative estimate of drug-likeness (QED) is 0.353. The molecule has 0 saturated carbocycles. The number of halogens is 2. The molecule has 0 rings (SSSR count). The van der Waals surface area contributed by atoms with Crippen LogP contribution in [0, 0.1) is 0 Å². The van der Waals surface area contributed by atoms with Crippen LogP contribution in [0.15, 0.2) is 0 Å². The second-order valence-electron chi connectivity index (χ2n) is 0.215. The second kappa shape index (κ2) is 5.88.